The molecule has 8 heteroatoms. The van der Waals surface area contributed by atoms with E-state index < -0.39 is 10.0 Å². The van der Waals surface area contributed by atoms with Gasteiger partial charge in [0.2, 0.25) is 15.9 Å². The second-order valence-electron chi connectivity index (χ2n) is 7.79. The second-order valence-corrected chi connectivity index (χ2v) is 10.7. The van der Waals surface area contributed by atoms with E-state index in [2.05, 4.69) is 18.4 Å². The van der Waals surface area contributed by atoms with E-state index in [0.29, 0.717) is 25.9 Å². The summed E-state index contributed by atoms with van der Waals surface area (Å²) >= 11 is 1.76. The number of piperidine rings is 1. The molecule has 0 N–H and O–H groups in total. The summed E-state index contributed by atoms with van der Waals surface area (Å²) in [5.74, 6) is -0.00920. The van der Waals surface area contributed by atoms with E-state index in [9.17, 15) is 18.5 Å². The van der Waals surface area contributed by atoms with Crippen LogP contribution in [0.15, 0.2) is 40.6 Å². The van der Waals surface area contributed by atoms with Crippen molar-refractivity contribution in [1.29, 1.82) is 5.26 Å². The molecule has 1 amide bonds. The van der Waals surface area contributed by atoms with Crippen molar-refractivity contribution in [3.63, 3.8) is 0 Å². The van der Waals surface area contributed by atoms with E-state index >= 15 is 0 Å². The van der Waals surface area contributed by atoms with Crippen molar-refractivity contribution in [2.24, 2.45) is 5.92 Å². The highest BCUT2D eigenvalue weighted by molar-refractivity contribution is 7.89. The van der Waals surface area contributed by atoms with Crippen molar-refractivity contribution in [2.75, 3.05) is 19.6 Å². The summed E-state index contributed by atoms with van der Waals surface area (Å²) in [4.78, 5) is 16.7. The lowest BCUT2D eigenvalue weighted by atomic mass is 9.92. The number of hydrogen-bond acceptors (Lipinski definition) is 5. The SMILES string of the molecule is CCC1c2ccsc2CCN1C(=O)C1CCN(S(=O)(=O)c2ccccc2C#N)CC1. The van der Waals surface area contributed by atoms with Crippen LogP contribution in [0.3, 0.4) is 0 Å². The Morgan fingerprint density at radius 2 is 1.93 bits per heavy atom. The summed E-state index contributed by atoms with van der Waals surface area (Å²) in [5, 5.41) is 11.4. The van der Waals surface area contributed by atoms with Crippen LogP contribution < -0.4 is 0 Å². The molecule has 1 saturated heterocycles. The lowest BCUT2D eigenvalue weighted by molar-refractivity contribution is -0.139. The molecule has 158 valence electrons. The average Bonchev–Trinajstić information content (AvgIpc) is 3.27. The quantitative estimate of drug-likeness (QED) is 0.724. The smallest absolute Gasteiger partial charge is 0.244 e. The summed E-state index contributed by atoms with van der Waals surface area (Å²) < 4.78 is 27.5. The number of benzene rings is 1. The van der Waals surface area contributed by atoms with Gasteiger partial charge in [0.25, 0.3) is 0 Å². The molecule has 0 saturated carbocycles. The van der Waals surface area contributed by atoms with Crippen molar-refractivity contribution in [2.45, 2.75) is 43.5 Å². The van der Waals surface area contributed by atoms with Gasteiger partial charge in [-0.25, -0.2) is 8.42 Å². The number of hydrogen-bond donors (Lipinski definition) is 0. The first-order valence-electron chi connectivity index (χ1n) is 10.3. The van der Waals surface area contributed by atoms with Crippen molar-refractivity contribution in [1.82, 2.24) is 9.21 Å². The lowest BCUT2D eigenvalue weighted by Crippen LogP contribution is -2.47. The Labute approximate surface area is 181 Å². The molecular formula is C22H25N3O3S2. The fourth-order valence-electron chi connectivity index (χ4n) is 4.60. The van der Waals surface area contributed by atoms with Gasteiger partial charge < -0.3 is 4.90 Å². The van der Waals surface area contributed by atoms with Gasteiger partial charge in [0.05, 0.1) is 16.5 Å². The monoisotopic (exact) mass is 443 g/mol. The molecule has 1 atom stereocenters. The Bertz CT molecular complexity index is 1080. The van der Waals surface area contributed by atoms with Gasteiger partial charge in [-0.1, -0.05) is 19.1 Å². The van der Waals surface area contributed by atoms with Crippen LogP contribution in [0.2, 0.25) is 0 Å². The van der Waals surface area contributed by atoms with Crippen molar-refractivity contribution in [3.05, 3.63) is 51.7 Å². The summed E-state index contributed by atoms with van der Waals surface area (Å²) in [7, 11) is -3.74. The molecule has 2 aliphatic rings. The molecule has 6 nitrogen and oxygen atoms in total. The fraction of sp³-hybridized carbons (Fsp3) is 0.455. The van der Waals surface area contributed by atoms with E-state index in [-0.39, 0.29) is 28.3 Å². The first kappa shape index (κ1) is 21.0. The number of fused-ring (bicyclic) bond motifs is 1. The molecule has 1 fully saturated rings. The number of thiophene rings is 1. The van der Waals surface area contributed by atoms with Crippen LogP contribution in [0.4, 0.5) is 0 Å². The van der Waals surface area contributed by atoms with E-state index in [1.807, 2.05) is 11.0 Å². The number of sulfonamides is 1. The highest BCUT2D eigenvalue weighted by atomic mass is 32.2. The predicted octanol–water partition coefficient (Wildman–Crippen LogP) is 3.56. The molecular weight excluding hydrogens is 418 g/mol. The van der Waals surface area contributed by atoms with Gasteiger partial charge in [0.1, 0.15) is 6.07 Å². The number of amides is 1. The molecule has 2 aromatic rings. The maximum Gasteiger partial charge on any atom is 0.244 e. The summed E-state index contributed by atoms with van der Waals surface area (Å²) in [5.41, 5.74) is 1.43. The van der Waals surface area contributed by atoms with Crippen LogP contribution in [0, 0.1) is 17.2 Å². The standard InChI is InChI=1S/C22H25N3O3S2/c1-2-19-18-10-14-29-20(18)9-13-25(19)22(26)16-7-11-24(12-8-16)30(27,28)21-6-4-3-5-17(21)15-23/h3-6,10,14,16,19H,2,7-9,11-13H2,1H3. The second kappa shape index (κ2) is 8.50. The Kier molecular flexibility index (Phi) is 5.96. The molecule has 0 aliphatic carbocycles. The van der Waals surface area contributed by atoms with Crippen LogP contribution in [0.5, 0.6) is 0 Å². The van der Waals surface area contributed by atoms with Crippen LogP contribution in [-0.4, -0.2) is 43.2 Å². The van der Waals surface area contributed by atoms with E-state index in [1.54, 1.807) is 23.5 Å². The van der Waals surface area contributed by atoms with Crippen LogP contribution >= 0.6 is 11.3 Å². The zero-order chi connectivity index (χ0) is 21.3. The minimum atomic E-state index is -3.74. The molecule has 0 bridgehead atoms. The number of carbonyl (C=O) groups is 1. The first-order chi connectivity index (χ1) is 14.5. The fourth-order valence-corrected chi connectivity index (χ4v) is 7.14. The summed E-state index contributed by atoms with van der Waals surface area (Å²) in [6, 6.07) is 10.5. The Morgan fingerprint density at radius 1 is 1.20 bits per heavy atom. The van der Waals surface area contributed by atoms with Crippen molar-refractivity contribution in [3.8, 4) is 6.07 Å². The van der Waals surface area contributed by atoms with E-state index in [4.69, 9.17) is 0 Å². The minimum Gasteiger partial charge on any atom is -0.335 e. The highest BCUT2D eigenvalue weighted by Gasteiger charge is 2.38. The lowest BCUT2D eigenvalue weighted by Gasteiger charge is -2.39. The molecule has 1 unspecified atom stereocenters. The summed E-state index contributed by atoms with van der Waals surface area (Å²) in [6.07, 6.45) is 2.80. The van der Waals surface area contributed by atoms with Crippen LogP contribution in [0.25, 0.3) is 0 Å². The molecule has 1 aromatic carbocycles. The minimum absolute atomic E-state index is 0.0457. The van der Waals surface area contributed by atoms with Gasteiger partial charge >= 0.3 is 0 Å². The third-order valence-corrected chi connectivity index (χ3v) is 9.15. The molecule has 2 aliphatic heterocycles. The number of carbonyl (C=O) groups excluding carboxylic acids is 1. The molecule has 0 spiro atoms. The number of rotatable bonds is 4. The molecule has 30 heavy (non-hydrogen) atoms. The van der Waals surface area contributed by atoms with Gasteiger partial charge in [0.15, 0.2) is 0 Å². The van der Waals surface area contributed by atoms with Gasteiger partial charge in [-0.3, -0.25) is 4.79 Å². The maximum absolute atomic E-state index is 13.3. The Morgan fingerprint density at radius 3 is 2.63 bits per heavy atom. The normalized spacial score (nSPS) is 20.5. The number of nitriles is 1. The molecule has 3 heterocycles. The first-order valence-corrected chi connectivity index (χ1v) is 12.6. The largest absolute Gasteiger partial charge is 0.335 e. The maximum atomic E-state index is 13.3. The molecule has 1 aromatic heterocycles. The molecule has 4 rings (SSSR count). The third kappa shape index (κ3) is 3.66. The van der Waals surface area contributed by atoms with E-state index in [1.165, 1.54) is 26.9 Å². The van der Waals surface area contributed by atoms with E-state index in [0.717, 1.165) is 19.4 Å². The van der Waals surface area contributed by atoms with Gasteiger partial charge in [-0.2, -0.15) is 9.57 Å². The topological polar surface area (TPSA) is 81.5 Å². The van der Waals surface area contributed by atoms with Crippen LogP contribution in [-0.2, 0) is 21.2 Å². The predicted molar refractivity (Wildman–Crippen MR) is 115 cm³/mol. The zero-order valence-electron chi connectivity index (χ0n) is 17.0. The van der Waals surface area contributed by atoms with Crippen molar-refractivity contribution >= 4 is 27.3 Å². The Balaban J connectivity index is 1.46. The molecule has 0 radical (unpaired) electrons. The highest BCUT2D eigenvalue weighted by Crippen LogP contribution is 2.37. The Hall–Kier alpha value is -2.21. The van der Waals surface area contributed by atoms with Crippen molar-refractivity contribution < 1.29 is 13.2 Å². The van der Waals surface area contributed by atoms with Crippen LogP contribution in [0.1, 0.15) is 48.2 Å². The van der Waals surface area contributed by atoms with Gasteiger partial charge in [0, 0.05) is 30.4 Å². The third-order valence-electron chi connectivity index (χ3n) is 6.19. The zero-order valence-corrected chi connectivity index (χ0v) is 18.6. The van der Waals surface area contributed by atoms with Gasteiger partial charge in [-0.15, -0.1) is 11.3 Å². The average molecular weight is 444 g/mol. The summed E-state index contributed by atoms with van der Waals surface area (Å²) in [6.45, 7) is 3.44. The van der Waals surface area contributed by atoms with Gasteiger partial charge in [-0.05, 0) is 54.8 Å². The number of nitrogens with zero attached hydrogens (tertiary/aromatic N) is 3.